The third kappa shape index (κ3) is 3.09. The largest absolute Gasteiger partial charge is 0.329 e. The summed E-state index contributed by atoms with van der Waals surface area (Å²) in [5.41, 5.74) is 1.17. The average Bonchev–Trinajstić information content (AvgIpc) is 2.26. The SMILES string of the molecule is N#Cc1ccc2cc(CP(=O)(O)O)cc(I)c2c1. The zero-order valence-corrected chi connectivity index (χ0v) is 12.2. The average molecular weight is 373 g/mol. The third-order valence-electron chi connectivity index (χ3n) is 2.48. The molecule has 0 spiro atoms. The molecular formula is C12H9INO3P. The van der Waals surface area contributed by atoms with E-state index < -0.39 is 7.60 Å². The normalized spacial score (nSPS) is 11.4. The second kappa shape index (κ2) is 4.98. The Morgan fingerprint density at radius 3 is 2.61 bits per heavy atom. The summed E-state index contributed by atoms with van der Waals surface area (Å²) < 4.78 is 11.9. The number of hydrogen-bond donors (Lipinski definition) is 2. The Kier molecular flexibility index (Phi) is 3.74. The van der Waals surface area contributed by atoms with Gasteiger partial charge in [-0.15, -0.1) is 0 Å². The number of nitriles is 1. The molecule has 0 aliphatic rings. The lowest BCUT2D eigenvalue weighted by molar-refractivity contribution is 0.372. The molecule has 0 saturated heterocycles. The van der Waals surface area contributed by atoms with Crippen LogP contribution in [0.4, 0.5) is 0 Å². The van der Waals surface area contributed by atoms with Gasteiger partial charge in [-0.05, 0) is 57.1 Å². The summed E-state index contributed by atoms with van der Waals surface area (Å²) in [5, 5.41) is 10.6. The zero-order valence-electron chi connectivity index (χ0n) is 9.17. The van der Waals surface area contributed by atoms with Crippen LogP contribution in [0.5, 0.6) is 0 Å². The molecule has 2 aromatic rings. The minimum absolute atomic E-state index is 0.265. The van der Waals surface area contributed by atoms with Crippen molar-refractivity contribution in [2.45, 2.75) is 6.16 Å². The molecule has 6 heteroatoms. The lowest BCUT2D eigenvalue weighted by Gasteiger charge is -2.08. The molecule has 0 aliphatic heterocycles. The first-order chi connectivity index (χ1) is 8.39. The Bertz CT molecular complexity index is 702. The monoisotopic (exact) mass is 373 g/mol. The molecule has 0 fully saturated rings. The van der Waals surface area contributed by atoms with Crippen molar-refractivity contribution >= 4 is 41.0 Å². The molecule has 2 aromatic carbocycles. The van der Waals surface area contributed by atoms with Gasteiger partial charge in [0.1, 0.15) is 0 Å². The number of rotatable bonds is 2. The highest BCUT2D eigenvalue weighted by atomic mass is 127. The molecule has 0 atom stereocenters. The van der Waals surface area contributed by atoms with E-state index in [9.17, 15) is 4.57 Å². The number of halogens is 1. The van der Waals surface area contributed by atoms with Gasteiger partial charge < -0.3 is 9.79 Å². The first kappa shape index (κ1) is 13.5. The summed E-state index contributed by atoms with van der Waals surface area (Å²) in [6.07, 6.45) is -0.265. The minimum Gasteiger partial charge on any atom is -0.324 e. The van der Waals surface area contributed by atoms with Gasteiger partial charge in [-0.25, -0.2) is 0 Å². The van der Waals surface area contributed by atoms with Crippen LogP contribution in [0.3, 0.4) is 0 Å². The molecule has 0 aliphatic carbocycles. The maximum atomic E-state index is 11.0. The molecule has 0 radical (unpaired) electrons. The molecule has 0 unspecified atom stereocenters. The van der Waals surface area contributed by atoms with Crippen LogP contribution >= 0.6 is 30.2 Å². The molecule has 92 valence electrons. The summed E-state index contributed by atoms with van der Waals surface area (Å²) in [7, 11) is -4.06. The van der Waals surface area contributed by atoms with Gasteiger partial charge in [0.2, 0.25) is 0 Å². The van der Waals surface area contributed by atoms with E-state index in [1.165, 1.54) is 0 Å². The topological polar surface area (TPSA) is 81.3 Å². The van der Waals surface area contributed by atoms with Crippen molar-refractivity contribution in [3.05, 3.63) is 45.0 Å². The van der Waals surface area contributed by atoms with Crippen LogP contribution < -0.4 is 0 Å². The highest BCUT2D eigenvalue weighted by Crippen LogP contribution is 2.40. The number of nitrogens with zero attached hydrogens (tertiary/aromatic N) is 1. The predicted octanol–water partition coefficient (Wildman–Crippen LogP) is 2.99. The van der Waals surface area contributed by atoms with Gasteiger partial charge >= 0.3 is 7.60 Å². The second-order valence-electron chi connectivity index (χ2n) is 3.95. The van der Waals surface area contributed by atoms with Gasteiger partial charge in [0.15, 0.2) is 0 Å². The van der Waals surface area contributed by atoms with E-state index >= 15 is 0 Å². The molecule has 0 saturated carbocycles. The number of fused-ring (bicyclic) bond motifs is 1. The predicted molar refractivity (Wildman–Crippen MR) is 77.1 cm³/mol. The van der Waals surface area contributed by atoms with Crippen LogP contribution in [0.15, 0.2) is 30.3 Å². The van der Waals surface area contributed by atoms with E-state index in [2.05, 4.69) is 28.7 Å². The molecule has 0 heterocycles. The van der Waals surface area contributed by atoms with Gasteiger partial charge in [-0.2, -0.15) is 5.26 Å². The second-order valence-corrected chi connectivity index (χ2v) is 6.76. The molecule has 4 nitrogen and oxygen atoms in total. The highest BCUT2D eigenvalue weighted by molar-refractivity contribution is 14.1. The fourth-order valence-corrected chi connectivity index (χ4v) is 3.29. The smallest absolute Gasteiger partial charge is 0.324 e. The van der Waals surface area contributed by atoms with Crippen LogP contribution in [-0.2, 0) is 10.7 Å². The lowest BCUT2D eigenvalue weighted by atomic mass is 10.1. The molecule has 0 aromatic heterocycles. The Labute approximate surface area is 118 Å². The van der Waals surface area contributed by atoms with Gasteiger partial charge in [0.05, 0.1) is 17.8 Å². The molecule has 18 heavy (non-hydrogen) atoms. The fourth-order valence-electron chi connectivity index (χ4n) is 1.77. The summed E-state index contributed by atoms with van der Waals surface area (Å²) in [5.74, 6) is 0. The fraction of sp³-hybridized carbons (Fsp3) is 0.0833. The molecule has 2 N–H and O–H groups in total. The van der Waals surface area contributed by atoms with Gasteiger partial charge in [-0.3, -0.25) is 4.57 Å². The number of benzene rings is 2. The summed E-state index contributed by atoms with van der Waals surface area (Å²) in [4.78, 5) is 18.0. The zero-order chi connectivity index (χ0) is 13.3. The maximum absolute atomic E-state index is 11.0. The molecule has 0 bridgehead atoms. The Morgan fingerprint density at radius 2 is 2.00 bits per heavy atom. The summed E-state index contributed by atoms with van der Waals surface area (Å²) >= 11 is 2.11. The van der Waals surface area contributed by atoms with E-state index in [1.807, 2.05) is 0 Å². The number of hydrogen-bond acceptors (Lipinski definition) is 2. The molecule has 2 rings (SSSR count). The van der Waals surface area contributed by atoms with Crippen LogP contribution in [0, 0.1) is 14.9 Å². The van der Waals surface area contributed by atoms with E-state index in [-0.39, 0.29) is 6.16 Å². The van der Waals surface area contributed by atoms with Crippen LogP contribution in [0.2, 0.25) is 0 Å². The first-order valence-corrected chi connectivity index (χ1v) is 7.93. The highest BCUT2D eigenvalue weighted by Gasteiger charge is 2.15. The minimum atomic E-state index is -4.06. The molecular weight excluding hydrogens is 364 g/mol. The van der Waals surface area contributed by atoms with Gasteiger partial charge in [0.25, 0.3) is 0 Å². The standard InChI is InChI=1S/C12H9INO3P/c13-12-5-9(7-18(15,16)17)3-10-2-1-8(6-14)4-11(10)12/h1-5H,7H2,(H2,15,16,17). The Morgan fingerprint density at radius 1 is 1.28 bits per heavy atom. The van der Waals surface area contributed by atoms with E-state index in [1.54, 1.807) is 30.3 Å². The first-order valence-electron chi connectivity index (χ1n) is 5.06. The van der Waals surface area contributed by atoms with E-state index in [0.717, 1.165) is 14.3 Å². The lowest BCUT2D eigenvalue weighted by Crippen LogP contribution is -1.90. The van der Waals surface area contributed by atoms with Crippen molar-refractivity contribution in [3.63, 3.8) is 0 Å². The van der Waals surface area contributed by atoms with Gasteiger partial charge in [-0.1, -0.05) is 12.1 Å². The van der Waals surface area contributed by atoms with Crippen molar-refractivity contribution in [1.29, 1.82) is 5.26 Å². The van der Waals surface area contributed by atoms with E-state index in [0.29, 0.717) is 11.1 Å². The van der Waals surface area contributed by atoms with Crippen LogP contribution in [0.1, 0.15) is 11.1 Å². The third-order valence-corrected chi connectivity index (χ3v) is 4.15. The van der Waals surface area contributed by atoms with Crippen molar-refractivity contribution in [3.8, 4) is 6.07 Å². The van der Waals surface area contributed by atoms with Crippen molar-refractivity contribution in [2.24, 2.45) is 0 Å². The van der Waals surface area contributed by atoms with Crippen molar-refractivity contribution in [2.75, 3.05) is 0 Å². The van der Waals surface area contributed by atoms with Crippen LogP contribution in [0.25, 0.3) is 10.8 Å². The van der Waals surface area contributed by atoms with Crippen LogP contribution in [-0.4, -0.2) is 9.79 Å². The quantitative estimate of drug-likeness (QED) is 0.627. The Balaban J connectivity index is 2.57. The Hall–Kier alpha value is -0.930. The van der Waals surface area contributed by atoms with E-state index in [4.69, 9.17) is 15.0 Å². The summed E-state index contributed by atoms with van der Waals surface area (Å²) in [6.45, 7) is 0. The summed E-state index contributed by atoms with van der Waals surface area (Å²) in [6, 6.07) is 10.8. The van der Waals surface area contributed by atoms with Gasteiger partial charge in [0, 0.05) is 3.57 Å². The van der Waals surface area contributed by atoms with Crippen molar-refractivity contribution in [1.82, 2.24) is 0 Å². The van der Waals surface area contributed by atoms with Crippen molar-refractivity contribution < 1.29 is 14.4 Å². The maximum Gasteiger partial charge on any atom is 0.329 e. The molecule has 0 amide bonds.